The summed E-state index contributed by atoms with van der Waals surface area (Å²) >= 11 is 3.39. The quantitative estimate of drug-likeness (QED) is 0.896. The van der Waals surface area contributed by atoms with Crippen LogP contribution in [0.3, 0.4) is 0 Å². The summed E-state index contributed by atoms with van der Waals surface area (Å²) in [6.07, 6.45) is 4.28. The molecule has 1 aromatic carbocycles. The van der Waals surface area contributed by atoms with Crippen molar-refractivity contribution >= 4 is 25.8 Å². The van der Waals surface area contributed by atoms with Crippen molar-refractivity contribution in [2.45, 2.75) is 37.0 Å². The first kappa shape index (κ1) is 15.9. The maximum Gasteiger partial charge on any atom is 0.150 e. The van der Waals surface area contributed by atoms with Crippen LogP contribution >= 0.6 is 15.9 Å². The highest BCUT2D eigenvalue weighted by Gasteiger charge is 2.32. The molecule has 20 heavy (non-hydrogen) atoms. The predicted octanol–water partition coefficient (Wildman–Crippen LogP) is 3.19. The fourth-order valence-electron chi connectivity index (χ4n) is 2.92. The van der Waals surface area contributed by atoms with Crippen LogP contribution in [0.5, 0.6) is 0 Å². The average molecular weight is 364 g/mol. The minimum absolute atomic E-state index is 0.0709. The van der Waals surface area contributed by atoms with Crippen molar-refractivity contribution < 1.29 is 12.8 Å². The molecule has 2 N–H and O–H groups in total. The van der Waals surface area contributed by atoms with Gasteiger partial charge in [0.25, 0.3) is 0 Å². The predicted molar refractivity (Wildman–Crippen MR) is 81.6 cm³/mol. The van der Waals surface area contributed by atoms with Gasteiger partial charge in [-0.15, -0.1) is 0 Å². The Morgan fingerprint density at radius 2 is 2.10 bits per heavy atom. The van der Waals surface area contributed by atoms with Crippen LogP contribution in [0.15, 0.2) is 22.7 Å². The third-order valence-corrected chi connectivity index (χ3v) is 6.46. The van der Waals surface area contributed by atoms with Crippen LogP contribution in [0.25, 0.3) is 0 Å². The molecule has 1 aromatic rings. The zero-order valence-corrected chi connectivity index (χ0v) is 13.8. The lowest BCUT2D eigenvalue weighted by Gasteiger charge is -2.32. The Balaban J connectivity index is 2.20. The summed E-state index contributed by atoms with van der Waals surface area (Å²) in [5, 5.41) is -0.320. The Labute approximate surface area is 127 Å². The van der Waals surface area contributed by atoms with Crippen molar-refractivity contribution in [1.29, 1.82) is 0 Å². The van der Waals surface area contributed by atoms with Gasteiger partial charge in [-0.05, 0) is 48.9 Å². The molecule has 112 valence electrons. The second kappa shape index (κ2) is 6.12. The molecule has 0 bridgehead atoms. The van der Waals surface area contributed by atoms with Gasteiger partial charge >= 0.3 is 0 Å². The van der Waals surface area contributed by atoms with Crippen molar-refractivity contribution in [3.63, 3.8) is 0 Å². The molecule has 0 aromatic heterocycles. The summed E-state index contributed by atoms with van der Waals surface area (Å²) in [6, 6.07) is 4.10. The Kier molecular flexibility index (Phi) is 4.87. The summed E-state index contributed by atoms with van der Waals surface area (Å²) in [7, 11) is -3.03. The molecule has 1 saturated carbocycles. The molecule has 3 nitrogen and oxygen atoms in total. The average Bonchev–Trinajstić information content (AvgIpc) is 2.40. The zero-order chi connectivity index (χ0) is 14.9. The third kappa shape index (κ3) is 3.59. The Morgan fingerprint density at radius 3 is 2.75 bits per heavy atom. The van der Waals surface area contributed by atoms with Crippen LogP contribution in [0.2, 0.25) is 0 Å². The minimum Gasteiger partial charge on any atom is -0.324 e. The van der Waals surface area contributed by atoms with E-state index in [9.17, 15) is 12.8 Å². The molecule has 0 aliphatic heterocycles. The number of halogens is 2. The van der Waals surface area contributed by atoms with Crippen LogP contribution in [0, 0.1) is 11.7 Å². The fraction of sp³-hybridized carbons (Fsp3) is 0.571. The van der Waals surface area contributed by atoms with Crippen LogP contribution in [-0.2, 0) is 9.84 Å². The molecule has 3 atom stereocenters. The summed E-state index contributed by atoms with van der Waals surface area (Å²) in [5.74, 6) is -0.254. The smallest absolute Gasteiger partial charge is 0.150 e. The molecule has 0 spiro atoms. The summed E-state index contributed by atoms with van der Waals surface area (Å²) < 4.78 is 37.5. The van der Waals surface area contributed by atoms with E-state index in [2.05, 4.69) is 15.9 Å². The van der Waals surface area contributed by atoms with Gasteiger partial charge in [-0.25, -0.2) is 12.8 Å². The van der Waals surface area contributed by atoms with Gasteiger partial charge in [-0.1, -0.05) is 22.4 Å². The van der Waals surface area contributed by atoms with Gasteiger partial charge in [0.1, 0.15) is 15.7 Å². The lowest BCUT2D eigenvalue weighted by Crippen LogP contribution is -2.33. The molecule has 0 saturated heterocycles. The topological polar surface area (TPSA) is 60.2 Å². The maximum absolute atomic E-state index is 13.4. The molecule has 1 aliphatic rings. The van der Waals surface area contributed by atoms with Crippen LogP contribution in [0.1, 0.15) is 37.3 Å². The SMILES string of the molecule is CS(=O)(=O)C1CCCC(C(N)c2cc(F)ccc2Br)C1. The van der Waals surface area contributed by atoms with Gasteiger partial charge in [0.05, 0.1) is 5.25 Å². The number of nitrogens with two attached hydrogens (primary N) is 1. The minimum atomic E-state index is -3.03. The second-order valence-corrected chi connectivity index (χ2v) is 8.75. The van der Waals surface area contributed by atoms with E-state index in [0.29, 0.717) is 18.4 Å². The Hall–Kier alpha value is -0.460. The molecular weight excluding hydrogens is 345 g/mol. The van der Waals surface area contributed by atoms with Crippen LogP contribution in [0.4, 0.5) is 4.39 Å². The van der Waals surface area contributed by atoms with Gasteiger partial charge in [0.15, 0.2) is 0 Å². The van der Waals surface area contributed by atoms with Gasteiger partial charge in [-0.3, -0.25) is 0 Å². The van der Waals surface area contributed by atoms with E-state index in [1.165, 1.54) is 18.4 Å². The van der Waals surface area contributed by atoms with E-state index in [0.717, 1.165) is 17.3 Å². The van der Waals surface area contributed by atoms with E-state index in [1.54, 1.807) is 6.07 Å². The van der Waals surface area contributed by atoms with E-state index in [1.807, 2.05) is 0 Å². The van der Waals surface area contributed by atoms with Crippen molar-refractivity contribution in [2.75, 3.05) is 6.26 Å². The van der Waals surface area contributed by atoms with Gasteiger partial charge in [0.2, 0.25) is 0 Å². The highest BCUT2D eigenvalue weighted by atomic mass is 79.9. The number of hydrogen-bond acceptors (Lipinski definition) is 3. The summed E-state index contributed by atoms with van der Waals surface area (Å²) in [4.78, 5) is 0. The molecule has 3 unspecified atom stereocenters. The third-order valence-electron chi connectivity index (χ3n) is 4.10. The highest BCUT2D eigenvalue weighted by molar-refractivity contribution is 9.10. The Bertz CT molecular complexity index is 591. The van der Waals surface area contributed by atoms with Gasteiger partial charge in [-0.2, -0.15) is 0 Å². The molecule has 6 heteroatoms. The molecule has 0 radical (unpaired) electrons. The fourth-order valence-corrected chi connectivity index (χ4v) is 4.62. The van der Waals surface area contributed by atoms with Crippen LogP contribution in [-0.4, -0.2) is 19.9 Å². The van der Waals surface area contributed by atoms with E-state index < -0.39 is 9.84 Å². The van der Waals surface area contributed by atoms with Crippen LogP contribution < -0.4 is 5.73 Å². The maximum atomic E-state index is 13.4. The largest absolute Gasteiger partial charge is 0.324 e. The molecule has 0 heterocycles. The number of benzene rings is 1. The van der Waals surface area contributed by atoms with Crippen molar-refractivity contribution in [3.05, 3.63) is 34.1 Å². The van der Waals surface area contributed by atoms with Crippen molar-refractivity contribution in [2.24, 2.45) is 11.7 Å². The molecule has 0 amide bonds. The lowest BCUT2D eigenvalue weighted by atomic mass is 9.81. The van der Waals surface area contributed by atoms with Gasteiger partial charge in [0, 0.05) is 16.8 Å². The van der Waals surface area contributed by atoms with Gasteiger partial charge < -0.3 is 5.73 Å². The number of rotatable bonds is 3. The first-order chi connectivity index (χ1) is 9.29. The summed E-state index contributed by atoms with van der Waals surface area (Å²) in [6.45, 7) is 0. The first-order valence-corrected chi connectivity index (χ1v) is 9.43. The molecule has 1 fully saturated rings. The van der Waals surface area contributed by atoms with Crippen molar-refractivity contribution in [3.8, 4) is 0 Å². The van der Waals surface area contributed by atoms with E-state index >= 15 is 0 Å². The second-order valence-electron chi connectivity index (χ2n) is 5.57. The zero-order valence-electron chi connectivity index (χ0n) is 11.4. The van der Waals surface area contributed by atoms with E-state index in [-0.39, 0.29) is 23.0 Å². The lowest BCUT2D eigenvalue weighted by molar-refractivity contribution is 0.308. The monoisotopic (exact) mass is 363 g/mol. The number of hydrogen-bond donors (Lipinski definition) is 1. The normalized spacial score (nSPS) is 25.4. The number of sulfone groups is 1. The Morgan fingerprint density at radius 1 is 1.40 bits per heavy atom. The highest BCUT2D eigenvalue weighted by Crippen LogP contribution is 2.37. The van der Waals surface area contributed by atoms with Crippen molar-refractivity contribution in [1.82, 2.24) is 0 Å². The summed E-state index contributed by atoms with van der Waals surface area (Å²) in [5.41, 5.74) is 6.97. The molecule has 1 aliphatic carbocycles. The molecular formula is C14H19BrFNO2S. The first-order valence-electron chi connectivity index (χ1n) is 6.68. The molecule has 2 rings (SSSR count). The van der Waals surface area contributed by atoms with E-state index in [4.69, 9.17) is 5.73 Å². The standard InChI is InChI=1S/C14H19BrFNO2S/c1-20(18,19)11-4-2-3-9(7-11)14(17)12-8-10(16)5-6-13(12)15/h5-6,8-9,11,14H,2-4,7,17H2,1H3.